The Balaban J connectivity index is 1.61. The van der Waals surface area contributed by atoms with Gasteiger partial charge in [-0.1, -0.05) is 0 Å². The predicted octanol–water partition coefficient (Wildman–Crippen LogP) is 1.69. The molecule has 0 atom stereocenters. The Kier molecular flexibility index (Phi) is 4.03. The molecule has 1 aliphatic heterocycles. The number of piperazine rings is 1. The fourth-order valence-corrected chi connectivity index (χ4v) is 2.79. The van der Waals surface area contributed by atoms with E-state index < -0.39 is 0 Å². The molecule has 5 heteroatoms. The molecule has 1 aromatic heterocycles. The first-order chi connectivity index (χ1) is 10.1. The summed E-state index contributed by atoms with van der Waals surface area (Å²) in [5.41, 5.74) is 2.64. The van der Waals surface area contributed by atoms with E-state index in [1.54, 1.807) is 0 Å². The lowest BCUT2D eigenvalue weighted by molar-refractivity contribution is 0.0942. The summed E-state index contributed by atoms with van der Waals surface area (Å²) in [4.78, 5) is 24.6. The van der Waals surface area contributed by atoms with Crippen molar-refractivity contribution in [1.82, 2.24) is 19.8 Å². The maximum absolute atomic E-state index is 12.3. The van der Waals surface area contributed by atoms with Crippen molar-refractivity contribution in [2.45, 2.75) is 13.3 Å². The minimum absolute atomic E-state index is 0.211. The van der Waals surface area contributed by atoms with Gasteiger partial charge in [-0.3, -0.25) is 4.79 Å². The number of ketones is 1. The minimum Gasteiger partial charge on any atom is -0.342 e. The topological polar surface area (TPSA) is 52.2 Å². The second-order valence-electron chi connectivity index (χ2n) is 5.87. The molecular formula is C16H22N4O. The zero-order chi connectivity index (χ0) is 14.8. The second kappa shape index (κ2) is 5.95. The maximum atomic E-state index is 12.3. The molecule has 112 valence electrons. The SMILES string of the molecule is Cc1nc2ccc(C(=O)CCN3CCN(C)CC3)cc2[nH]1. The monoisotopic (exact) mass is 286 g/mol. The number of imidazole rings is 1. The number of aromatic amines is 1. The Morgan fingerprint density at radius 1 is 1.29 bits per heavy atom. The molecule has 1 saturated heterocycles. The highest BCUT2D eigenvalue weighted by atomic mass is 16.1. The van der Waals surface area contributed by atoms with Crippen LogP contribution in [0.4, 0.5) is 0 Å². The van der Waals surface area contributed by atoms with Crippen LogP contribution in [0.1, 0.15) is 22.6 Å². The summed E-state index contributed by atoms with van der Waals surface area (Å²) in [6.07, 6.45) is 0.586. The van der Waals surface area contributed by atoms with Gasteiger partial charge in [-0.25, -0.2) is 4.98 Å². The third-order valence-corrected chi connectivity index (χ3v) is 4.17. The second-order valence-corrected chi connectivity index (χ2v) is 5.87. The van der Waals surface area contributed by atoms with E-state index in [4.69, 9.17) is 0 Å². The molecular weight excluding hydrogens is 264 g/mol. The van der Waals surface area contributed by atoms with Gasteiger partial charge in [-0.05, 0) is 32.2 Å². The number of carbonyl (C=O) groups is 1. The van der Waals surface area contributed by atoms with Crippen LogP contribution in [0.5, 0.6) is 0 Å². The Bertz CT molecular complexity index is 641. The van der Waals surface area contributed by atoms with Crippen LogP contribution >= 0.6 is 0 Å². The number of carbonyl (C=O) groups excluding carboxylic acids is 1. The van der Waals surface area contributed by atoms with Crippen LogP contribution in [0.15, 0.2) is 18.2 Å². The third-order valence-electron chi connectivity index (χ3n) is 4.17. The highest BCUT2D eigenvalue weighted by Gasteiger charge is 2.15. The molecule has 0 aliphatic carbocycles. The highest BCUT2D eigenvalue weighted by molar-refractivity contribution is 5.98. The van der Waals surface area contributed by atoms with E-state index in [0.29, 0.717) is 6.42 Å². The zero-order valence-electron chi connectivity index (χ0n) is 12.7. The van der Waals surface area contributed by atoms with Crippen molar-refractivity contribution < 1.29 is 4.79 Å². The zero-order valence-corrected chi connectivity index (χ0v) is 12.7. The van der Waals surface area contributed by atoms with Gasteiger partial charge in [0.15, 0.2) is 5.78 Å². The van der Waals surface area contributed by atoms with E-state index in [9.17, 15) is 4.79 Å². The smallest absolute Gasteiger partial charge is 0.164 e. The van der Waals surface area contributed by atoms with Gasteiger partial charge < -0.3 is 14.8 Å². The lowest BCUT2D eigenvalue weighted by Gasteiger charge is -2.32. The predicted molar refractivity (Wildman–Crippen MR) is 83.7 cm³/mol. The van der Waals surface area contributed by atoms with Crippen LogP contribution in [-0.2, 0) is 0 Å². The lowest BCUT2D eigenvalue weighted by Crippen LogP contribution is -2.45. The highest BCUT2D eigenvalue weighted by Crippen LogP contribution is 2.15. The number of aryl methyl sites for hydroxylation is 1. The van der Waals surface area contributed by atoms with Crippen molar-refractivity contribution in [3.8, 4) is 0 Å². The lowest BCUT2D eigenvalue weighted by atomic mass is 10.1. The van der Waals surface area contributed by atoms with E-state index in [0.717, 1.165) is 55.1 Å². The van der Waals surface area contributed by atoms with Crippen molar-refractivity contribution >= 4 is 16.8 Å². The number of fused-ring (bicyclic) bond motifs is 1. The molecule has 3 rings (SSSR count). The van der Waals surface area contributed by atoms with E-state index in [2.05, 4.69) is 26.8 Å². The third kappa shape index (κ3) is 3.31. The van der Waals surface area contributed by atoms with Crippen molar-refractivity contribution in [2.24, 2.45) is 0 Å². The van der Waals surface area contributed by atoms with Gasteiger partial charge in [-0.2, -0.15) is 0 Å². The average molecular weight is 286 g/mol. The van der Waals surface area contributed by atoms with Crippen molar-refractivity contribution in [2.75, 3.05) is 39.8 Å². The Morgan fingerprint density at radius 3 is 2.81 bits per heavy atom. The molecule has 5 nitrogen and oxygen atoms in total. The van der Waals surface area contributed by atoms with Crippen molar-refractivity contribution in [3.63, 3.8) is 0 Å². The van der Waals surface area contributed by atoms with Crippen LogP contribution in [0, 0.1) is 6.92 Å². The van der Waals surface area contributed by atoms with Crippen LogP contribution in [0.2, 0.25) is 0 Å². The number of Topliss-reactive ketones (excluding diaryl/α,β-unsaturated/α-hetero) is 1. The van der Waals surface area contributed by atoms with Crippen molar-refractivity contribution in [3.05, 3.63) is 29.6 Å². The average Bonchev–Trinajstić information content (AvgIpc) is 2.85. The molecule has 1 fully saturated rings. The van der Waals surface area contributed by atoms with E-state index in [-0.39, 0.29) is 5.78 Å². The number of nitrogens with zero attached hydrogens (tertiary/aromatic N) is 3. The molecule has 0 radical (unpaired) electrons. The number of hydrogen-bond donors (Lipinski definition) is 1. The summed E-state index contributed by atoms with van der Waals surface area (Å²) in [5, 5.41) is 0. The number of hydrogen-bond acceptors (Lipinski definition) is 4. The first-order valence-electron chi connectivity index (χ1n) is 7.52. The molecule has 1 aliphatic rings. The van der Waals surface area contributed by atoms with E-state index in [1.807, 2.05) is 25.1 Å². The number of likely N-dealkylation sites (N-methyl/N-ethyl adjacent to an activating group) is 1. The van der Waals surface area contributed by atoms with Gasteiger partial charge in [0, 0.05) is 44.7 Å². The molecule has 0 saturated carbocycles. The molecule has 2 aromatic rings. The summed E-state index contributed by atoms with van der Waals surface area (Å²) in [6, 6.07) is 5.72. The Hall–Kier alpha value is -1.72. The summed E-state index contributed by atoms with van der Waals surface area (Å²) >= 11 is 0. The van der Waals surface area contributed by atoms with Crippen LogP contribution in [-0.4, -0.2) is 65.3 Å². The van der Waals surface area contributed by atoms with E-state index in [1.165, 1.54) is 0 Å². The molecule has 21 heavy (non-hydrogen) atoms. The number of rotatable bonds is 4. The van der Waals surface area contributed by atoms with E-state index >= 15 is 0 Å². The normalized spacial score (nSPS) is 17.4. The maximum Gasteiger partial charge on any atom is 0.164 e. The molecule has 0 spiro atoms. The van der Waals surface area contributed by atoms with Crippen molar-refractivity contribution in [1.29, 1.82) is 0 Å². The summed E-state index contributed by atoms with van der Waals surface area (Å²) in [6.45, 7) is 7.08. The summed E-state index contributed by atoms with van der Waals surface area (Å²) in [5.74, 6) is 1.09. The quantitative estimate of drug-likeness (QED) is 0.869. The molecule has 0 bridgehead atoms. The molecule has 2 heterocycles. The number of benzene rings is 1. The number of nitrogens with one attached hydrogen (secondary N) is 1. The largest absolute Gasteiger partial charge is 0.342 e. The standard InChI is InChI=1S/C16H22N4O/c1-12-17-14-4-3-13(11-15(14)18-12)16(21)5-6-20-9-7-19(2)8-10-20/h3-4,11H,5-10H2,1-2H3,(H,17,18). The molecule has 1 N–H and O–H groups in total. The van der Waals surface area contributed by atoms with Gasteiger partial charge in [0.2, 0.25) is 0 Å². The summed E-state index contributed by atoms with van der Waals surface area (Å²) < 4.78 is 0. The fourth-order valence-electron chi connectivity index (χ4n) is 2.79. The minimum atomic E-state index is 0.211. The Morgan fingerprint density at radius 2 is 2.05 bits per heavy atom. The van der Waals surface area contributed by atoms with Gasteiger partial charge in [0.1, 0.15) is 5.82 Å². The van der Waals surface area contributed by atoms with Gasteiger partial charge in [-0.15, -0.1) is 0 Å². The first-order valence-corrected chi connectivity index (χ1v) is 7.52. The van der Waals surface area contributed by atoms with Gasteiger partial charge in [0.05, 0.1) is 11.0 Å². The molecule has 1 aromatic carbocycles. The van der Waals surface area contributed by atoms with Crippen LogP contribution in [0.25, 0.3) is 11.0 Å². The van der Waals surface area contributed by atoms with Crippen LogP contribution in [0.3, 0.4) is 0 Å². The first kappa shape index (κ1) is 14.2. The number of aromatic nitrogens is 2. The molecule has 0 unspecified atom stereocenters. The fraction of sp³-hybridized carbons (Fsp3) is 0.500. The van der Waals surface area contributed by atoms with Crippen LogP contribution < -0.4 is 0 Å². The summed E-state index contributed by atoms with van der Waals surface area (Å²) in [7, 11) is 2.14. The van der Waals surface area contributed by atoms with Gasteiger partial charge >= 0.3 is 0 Å². The Labute approximate surface area is 125 Å². The number of H-pyrrole nitrogens is 1. The van der Waals surface area contributed by atoms with Gasteiger partial charge in [0.25, 0.3) is 0 Å². The molecule has 0 amide bonds.